The Morgan fingerprint density at radius 1 is 0.966 bits per heavy atom. The zero-order valence-corrected chi connectivity index (χ0v) is 17.8. The maximum atomic E-state index is 5.33. The summed E-state index contributed by atoms with van der Waals surface area (Å²) in [6.45, 7) is 5.11. The third kappa shape index (κ3) is 4.40. The van der Waals surface area contributed by atoms with Gasteiger partial charge in [-0.3, -0.25) is 0 Å². The Morgan fingerprint density at radius 3 is 2.55 bits per heavy atom. The summed E-state index contributed by atoms with van der Waals surface area (Å²) in [6, 6.07) is 18.6. The molecule has 0 saturated carbocycles. The zero-order valence-electron chi connectivity index (χ0n) is 17.0. The van der Waals surface area contributed by atoms with Gasteiger partial charge in [-0.2, -0.15) is 0 Å². The highest BCUT2D eigenvalue weighted by Gasteiger charge is 2.15. The highest BCUT2D eigenvalue weighted by atomic mass is 32.1. The molecule has 0 radical (unpaired) electrons. The largest absolute Gasteiger partial charge is 0.497 e. The summed E-state index contributed by atoms with van der Waals surface area (Å²) < 4.78 is 5.33. The van der Waals surface area contributed by atoms with E-state index in [-0.39, 0.29) is 0 Å². The predicted octanol–water partition coefficient (Wildman–Crippen LogP) is 5.56. The topological polar surface area (TPSA) is 47.0 Å². The van der Waals surface area contributed by atoms with Crippen molar-refractivity contribution in [1.29, 1.82) is 0 Å². The first-order valence-corrected chi connectivity index (χ1v) is 10.6. The van der Waals surface area contributed by atoms with Crippen LogP contribution >= 0.6 is 11.3 Å². The summed E-state index contributed by atoms with van der Waals surface area (Å²) in [7, 11) is 1.70. The van der Waals surface area contributed by atoms with Gasteiger partial charge in [0.25, 0.3) is 0 Å². The second-order valence-electron chi connectivity index (χ2n) is 7.14. The minimum absolute atomic E-state index is 0.733. The summed E-state index contributed by atoms with van der Waals surface area (Å²) in [5, 5.41) is 4.72. The summed E-state index contributed by atoms with van der Waals surface area (Å²) in [5.41, 5.74) is 3.73. The van der Waals surface area contributed by atoms with Gasteiger partial charge < -0.3 is 10.1 Å². The third-order valence-electron chi connectivity index (χ3n) is 5.12. The van der Waals surface area contributed by atoms with Crippen LogP contribution in [-0.2, 0) is 12.8 Å². The van der Waals surface area contributed by atoms with Gasteiger partial charge in [0.15, 0.2) is 0 Å². The molecule has 1 N–H and O–H groups in total. The van der Waals surface area contributed by atoms with Gasteiger partial charge in [0, 0.05) is 17.8 Å². The van der Waals surface area contributed by atoms with Crippen molar-refractivity contribution in [2.75, 3.05) is 19.0 Å². The van der Waals surface area contributed by atoms with Gasteiger partial charge in [-0.25, -0.2) is 9.97 Å². The van der Waals surface area contributed by atoms with E-state index in [9.17, 15) is 0 Å². The molecule has 4 rings (SSSR count). The zero-order chi connectivity index (χ0) is 20.2. The number of nitrogens with one attached hydrogen (secondary N) is 1. The first-order chi connectivity index (χ1) is 14.1. The summed E-state index contributed by atoms with van der Waals surface area (Å²) in [6.07, 6.45) is 1.64. The van der Waals surface area contributed by atoms with E-state index in [1.54, 1.807) is 18.4 Å². The van der Waals surface area contributed by atoms with Gasteiger partial charge in [-0.05, 0) is 49.1 Å². The molecule has 0 unspecified atom stereocenters. The molecule has 0 aliphatic rings. The summed E-state index contributed by atoms with van der Waals surface area (Å²) in [4.78, 5) is 12.1. The molecule has 5 heteroatoms. The maximum Gasteiger partial charge on any atom is 0.138 e. The number of aromatic nitrogens is 2. The number of hydrogen-bond donors (Lipinski definition) is 1. The highest BCUT2D eigenvalue weighted by Crippen LogP contribution is 2.33. The minimum atomic E-state index is 0.733. The molecule has 148 valence electrons. The lowest BCUT2D eigenvalue weighted by molar-refractivity contribution is 0.414. The first-order valence-electron chi connectivity index (χ1n) is 9.81. The molecule has 0 saturated heterocycles. The Balaban J connectivity index is 1.59. The van der Waals surface area contributed by atoms with E-state index in [4.69, 9.17) is 14.7 Å². The minimum Gasteiger partial charge on any atom is -0.497 e. The Bertz CT molecular complexity index is 1120. The SMILES string of the molecule is COc1cccc(CCNc2nc(Cc3ccccc3)nc3sc(C)c(C)c23)c1. The quantitative estimate of drug-likeness (QED) is 0.439. The lowest BCUT2D eigenvalue weighted by atomic mass is 10.1. The van der Waals surface area contributed by atoms with Gasteiger partial charge in [0.05, 0.1) is 12.5 Å². The van der Waals surface area contributed by atoms with Gasteiger partial charge in [0.2, 0.25) is 0 Å². The van der Waals surface area contributed by atoms with Gasteiger partial charge in [-0.15, -0.1) is 11.3 Å². The Labute approximate surface area is 175 Å². The lowest BCUT2D eigenvalue weighted by Gasteiger charge is -2.11. The van der Waals surface area contributed by atoms with E-state index in [2.05, 4.69) is 55.6 Å². The van der Waals surface area contributed by atoms with E-state index in [0.29, 0.717) is 0 Å². The highest BCUT2D eigenvalue weighted by molar-refractivity contribution is 7.18. The van der Waals surface area contributed by atoms with Crippen molar-refractivity contribution in [1.82, 2.24) is 9.97 Å². The van der Waals surface area contributed by atoms with Crippen molar-refractivity contribution in [3.8, 4) is 5.75 Å². The fourth-order valence-electron chi connectivity index (χ4n) is 3.43. The molecule has 2 heterocycles. The van der Waals surface area contributed by atoms with Crippen molar-refractivity contribution in [2.24, 2.45) is 0 Å². The normalized spacial score (nSPS) is 11.0. The maximum absolute atomic E-state index is 5.33. The van der Waals surface area contributed by atoms with Crippen LogP contribution in [0.3, 0.4) is 0 Å². The molecule has 4 aromatic rings. The number of benzene rings is 2. The molecule has 0 spiro atoms. The fourth-order valence-corrected chi connectivity index (χ4v) is 4.48. The van der Waals surface area contributed by atoms with Crippen molar-refractivity contribution < 1.29 is 4.74 Å². The second kappa shape index (κ2) is 8.62. The monoisotopic (exact) mass is 403 g/mol. The van der Waals surface area contributed by atoms with Gasteiger partial charge in [0.1, 0.15) is 22.2 Å². The molecule has 4 nitrogen and oxygen atoms in total. The molecule has 2 aromatic heterocycles. The van der Waals surface area contributed by atoms with E-state index in [1.165, 1.54) is 21.6 Å². The van der Waals surface area contributed by atoms with E-state index >= 15 is 0 Å². The fraction of sp³-hybridized carbons (Fsp3) is 0.250. The van der Waals surface area contributed by atoms with E-state index in [0.717, 1.165) is 47.0 Å². The molecule has 0 atom stereocenters. The van der Waals surface area contributed by atoms with Crippen molar-refractivity contribution in [3.05, 3.63) is 82.0 Å². The number of fused-ring (bicyclic) bond motifs is 1. The molecule has 0 bridgehead atoms. The number of nitrogens with zero attached hydrogens (tertiary/aromatic N) is 2. The number of methoxy groups -OCH3 is 1. The second-order valence-corrected chi connectivity index (χ2v) is 8.35. The smallest absolute Gasteiger partial charge is 0.138 e. The number of anilines is 1. The molecular formula is C24H25N3OS. The Morgan fingerprint density at radius 2 is 1.76 bits per heavy atom. The van der Waals surface area contributed by atoms with Crippen LogP contribution in [0.15, 0.2) is 54.6 Å². The Kier molecular flexibility index (Phi) is 5.76. The number of hydrogen-bond acceptors (Lipinski definition) is 5. The van der Waals surface area contributed by atoms with Gasteiger partial charge >= 0.3 is 0 Å². The molecular weight excluding hydrogens is 378 g/mol. The molecule has 2 aromatic carbocycles. The summed E-state index contributed by atoms with van der Waals surface area (Å²) in [5.74, 6) is 2.68. The van der Waals surface area contributed by atoms with Crippen LogP contribution in [0, 0.1) is 13.8 Å². The lowest BCUT2D eigenvalue weighted by Crippen LogP contribution is -2.09. The molecule has 29 heavy (non-hydrogen) atoms. The van der Waals surface area contributed by atoms with Crippen LogP contribution in [0.5, 0.6) is 5.75 Å². The molecule has 0 aliphatic carbocycles. The first kappa shape index (κ1) is 19.4. The van der Waals surface area contributed by atoms with Crippen LogP contribution in [-0.4, -0.2) is 23.6 Å². The predicted molar refractivity (Wildman–Crippen MR) is 121 cm³/mol. The van der Waals surface area contributed by atoms with Crippen LogP contribution in [0.4, 0.5) is 5.82 Å². The van der Waals surface area contributed by atoms with Crippen LogP contribution in [0.25, 0.3) is 10.2 Å². The summed E-state index contributed by atoms with van der Waals surface area (Å²) >= 11 is 1.74. The van der Waals surface area contributed by atoms with Crippen molar-refractivity contribution >= 4 is 27.4 Å². The number of ether oxygens (including phenoxy) is 1. The molecule has 0 amide bonds. The van der Waals surface area contributed by atoms with E-state index < -0.39 is 0 Å². The number of thiophene rings is 1. The Hall–Kier alpha value is -2.92. The number of aryl methyl sites for hydroxylation is 2. The standard InChI is InChI=1S/C24H25N3OS/c1-16-17(2)29-24-22(16)23(25-13-12-19-10-7-11-20(14-19)28-3)26-21(27-24)15-18-8-5-4-6-9-18/h4-11,14H,12-13,15H2,1-3H3,(H,25,26,27). The van der Waals surface area contributed by atoms with Crippen molar-refractivity contribution in [3.63, 3.8) is 0 Å². The van der Waals surface area contributed by atoms with Gasteiger partial charge in [-0.1, -0.05) is 42.5 Å². The van der Waals surface area contributed by atoms with Crippen LogP contribution in [0.2, 0.25) is 0 Å². The van der Waals surface area contributed by atoms with Crippen molar-refractivity contribution in [2.45, 2.75) is 26.7 Å². The number of rotatable bonds is 7. The molecule has 0 aliphatic heterocycles. The van der Waals surface area contributed by atoms with E-state index in [1.807, 2.05) is 18.2 Å². The molecule has 0 fully saturated rings. The van der Waals surface area contributed by atoms with Crippen LogP contribution in [0.1, 0.15) is 27.4 Å². The third-order valence-corrected chi connectivity index (χ3v) is 6.22. The average molecular weight is 404 g/mol. The van der Waals surface area contributed by atoms with Crippen LogP contribution < -0.4 is 10.1 Å². The average Bonchev–Trinajstić information content (AvgIpc) is 3.02.